The summed E-state index contributed by atoms with van der Waals surface area (Å²) in [5, 5.41) is 8.84. The van der Waals surface area contributed by atoms with Crippen molar-refractivity contribution < 1.29 is 9.59 Å². The van der Waals surface area contributed by atoms with E-state index in [0.717, 1.165) is 6.54 Å². The van der Waals surface area contributed by atoms with Crippen LogP contribution in [0.25, 0.3) is 0 Å². The van der Waals surface area contributed by atoms with Crippen LogP contribution in [0, 0.1) is 0 Å². The molecule has 2 nitrogen and oxygen atoms in total. The van der Waals surface area contributed by atoms with E-state index < -0.39 is 0 Å². The zero-order valence-electron chi connectivity index (χ0n) is 5.62. The number of hydrogen-bond acceptors (Lipinski definition) is 1. The van der Waals surface area contributed by atoms with Gasteiger partial charge in [0.2, 0.25) is 0 Å². The minimum Gasteiger partial charge on any atom is -0.347 e. The maximum Gasteiger partial charge on any atom is 0.184 e. The van der Waals surface area contributed by atoms with E-state index in [4.69, 9.17) is 5.11 Å². The van der Waals surface area contributed by atoms with Gasteiger partial charge in [0.05, 0.1) is 13.2 Å². The molecule has 0 radical (unpaired) electrons. The second kappa shape index (κ2) is 2.33. The minimum absolute atomic E-state index is 0.181. The van der Waals surface area contributed by atoms with Crippen molar-refractivity contribution in [1.29, 1.82) is 0 Å². The van der Waals surface area contributed by atoms with Crippen LogP contribution in [0.15, 0.2) is 24.4 Å². The summed E-state index contributed by atoms with van der Waals surface area (Å²) in [4.78, 5) is 0. The van der Waals surface area contributed by atoms with Crippen molar-refractivity contribution >= 4 is 0 Å². The van der Waals surface area contributed by atoms with E-state index in [0.29, 0.717) is 4.48 Å². The lowest BCUT2D eigenvalue weighted by atomic mass is 10.3. The van der Waals surface area contributed by atoms with E-state index >= 15 is 0 Å². The largest absolute Gasteiger partial charge is 0.347 e. The van der Waals surface area contributed by atoms with Gasteiger partial charge in [-0.2, -0.15) is 0 Å². The van der Waals surface area contributed by atoms with Gasteiger partial charge in [-0.3, -0.25) is 4.48 Å². The van der Waals surface area contributed by atoms with Gasteiger partial charge in [-0.15, -0.1) is 0 Å². The van der Waals surface area contributed by atoms with Gasteiger partial charge in [0.1, 0.15) is 6.54 Å². The maximum absolute atomic E-state index is 8.84. The number of nitrogens with zero attached hydrogens (tertiary/aromatic N) is 1. The van der Waals surface area contributed by atoms with Gasteiger partial charge in [0.15, 0.2) is 6.73 Å². The van der Waals surface area contributed by atoms with Crippen LogP contribution in [0.2, 0.25) is 0 Å². The summed E-state index contributed by atoms with van der Waals surface area (Å²) in [6.07, 6.45) is 7.99. The summed E-state index contributed by atoms with van der Waals surface area (Å²) < 4.78 is 0.608. The van der Waals surface area contributed by atoms with Gasteiger partial charge in [0, 0.05) is 0 Å². The molecule has 0 bridgehead atoms. The van der Waals surface area contributed by atoms with Crippen LogP contribution < -0.4 is 0 Å². The molecule has 0 aromatic heterocycles. The van der Waals surface area contributed by atoms with E-state index in [9.17, 15) is 0 Å². The Morgan fingerprint density at radius 2 is 2.33 bits per heavy atom. The van der Waals surface area contributed by atoms with Gasteiger partial charge in [-0.25, -0.2) is 0 Å². The lowest BCUT2D eigenvalue weighted by molar-refractivity contribution is -0.874. The van der Waals surface area contributed by atoms with E-state index in [1.54, 1.807) is 0 Å². The Kier molecular flexibility index (Phi) is 1.69. The fraction of sp³-hybridized carbons (Fsp3) is 0.429. The third-order valence-electron chi connectivity index (χ3n) is 1.54. The first-order chi connectivity index (χ1) is 4.27. The number of likely N-dealkylation sites (N-methyl/N-ethyl adjacent to an activating group) is 1. The Morgan fingerprint density at radius 1 is 1.56 bits per heavy atom. The molecule has 0 aromatic carbocycles. The Bertz CT molecular complexity index is 151. The van der Waals surface area contributed by atoms with Gasteiger partial charge in [-0.05, 0) is 12.2 Å². The van der Waals surface area contributed by atoms with Crippen molar-refractivity contribution in [3.63, 3.8) is 0 Å². The quantitative estimate of drug-likeness (QED) is 0.506. The predicted octanol–water partition coefficient (Wildman–Crippen LogP) is 0.466. The van der Waals surface area contributed by atoms with E-state index in [2.05, 4.69) is 6.08 Å². The summed E-state index contributed by atoms with van der Waals surface area (Å²) in [5.41, 5.74) is 0. The smallest absolute Gasteiger partial charge is 0.184 e. The maximum atomic E-state index is 8.84. The molecule has 1 atom stereocenters. The number of aliphatic hydroxyl groups excluding tert-OH is 1. The van der Waals surface area contributed by atoms with E-state index in [1.165, 1.54) is 0 Å². The highest BCUT2D eigenvalue weighted by atomic mass is 16.3. The van der Waals surface area contributed by atoms with Crippen molar-refractivity contribution in [2.75, 3.05) is 20.3 Å². The van der Waals surface area contributed by atoms with Crippen molar-refractivity contribution in [2.24, 2.45) is 0 Å². The Balaban J connectivity index is 2.63. The standard InChI is InChI=1S/C7H12NO/c1-8(7-9)5-3-2-4-6-8/h2-5,9H,6-7H2,1H3/q+1. The summed E-state index contributed by atoms with van der Waals surface area (Å²) >= 11 is 0. The zero-order chi connectivity index (χ0) is 6.74. The molecular formula is C7H12NO+. The Morgan fingerprint density at radius 3 is 2.67 bits per heavy atom. The normalized spacial score (nSPS) is 33.1. The number of quaternary nitrogens is 1. The molecule has 1 rings (SSSR count). The average Bonchev–Trinajstić information content (AvgIpc) is 1.90. The topological polar surface area (TPSA) is 20.2 Å². The van der Waals surface area contributed by atoms with Gasteiger partial charge < -0.3 is 5.11 Å². The third kappa shape index (κ3) is 1.40. The predicted molar refractivity (Wildman–Crippen MR) is 36.4 cm³/mol. The second-order valence-electron chi connectivity index (χ2n) is 2.57. The van der Waals surface area contributed by atoms with E-state index in [-0.39, 0.29) is 6.73 Å². The van der Waals surface area contributed by atoms with Crippen LogP contribution in [-0.2, 0) is 0 Å². The zero-order valence-corrected chi connectivity index (χ0v) is 5.62. The number of aliphatic hydroxyl groups is 1. The molecule has 9 heavy (non-hydrogen) atoms. The molecule has 0 saturated carbocycles. The van der Waals surface area contributed by atoms with Crippen LogP contribution in [0.3, 0.4) is 0 Å². The lowest BCUT2D eigenvalue weighted by Gasteiger charge is -2.27. The summed E-state index contributed by atoms with van der Waals surface area (Å²) in [5.74, 6) is 0. The van der Waals surface area contributed by atoms with Crippen molar-refractivity contribution in [3.05, 3.63) is 24.4 Å². The minimum atomic E-state index is 0.181. The molecule has 1 aliphatic rings. The van der Waals surface area contributed by atoms with Crippen LogP contribution >= 0.6 is 0 Å². The molecule has 0 spiro atoms. The summed E-state index contributed by atoms with van der Waals surface area (Å²) in [6, 6.07) is 0. The molecule has 1 aliphatic heterocycles. The fourth-order valence-electron chi connectivity index (χ4n) is 0.803. The van der Waals surface area contributed by atoms with E-state index in [1.807, 2.05) is 25.4 Å². The molecule has 1 N–H and O–H groups in total. The first-order valence-corrected chi connectivity index (χ1v) is 3.06. The molecular weight excluding hydrogens is 114 g/mol. The SMILES string of the molecule is C[N+]1(CO)C=CC=CC1. The second-order valence-corrected chi connectivity index (χ2v) is 2.57. The monoisotopic (exact) mass is 126 g/mol. The highest BCUT2D eigenvalue weighted by Gasteiger charge is 2.15. The first kappa shape index (κ1) is 6.52. The van der Waals surface area contributed by atoms with Crippen LogP contribution in [-0.4, -0.2) is 29.9 Å². The van der Waals surface area contributed by atoms with Crippen LogP contribution in [0.1, 0.15) is 0 Å². The lowest BCUT2D eigenvalue weighted by Crippen LogP contribution is -2.40. The summed E-state index contributed by atoms with van der Waals surface area (Å²) in [7, 11) is 1.99. The molecule has 2 heteroatoms. The highest BCUT2D eigenvalue weighted by Crippen LogP contribution is 2.06. The third-order valence-corrected chi connectivity index (χ3v) is 1.54. The molecule has 0 aliphatic carbocycles. The van der Waals surface area contributed by atoms with Crippen LogP contribution in [0.5, 0.6) is 0 Å². The van der Waals surface area contributed by atoms with Crippen molar-refractivity contribution in [2.45, 2.75) is 0 Å². The number of rotatable bonds is 1. The molecule has 0 saturated heterocycles. The fourth-order valence-corrected chi connectivity index (χ4v) is 0.803. The summed E-state index contributed by atoms with van der Waals surface area (Å²) in [6.45, 7) is 1.08. The molecule has 0 fully saturated rings. The molecule has 1 unspecified atom stereocenters. The van der Waals surface area contributed by atoms with Crippen molar-refractivity contribution in [3.8, 4) is 0 Å². The van der Waals surface area contributed by atoms with Crippen molar-refractivity contribution in [1.82, 2.24) is 0 Å². The molecule has 50 valence electrons. The van der Waals surface area contributed by atoms with Gasteiger partial charge >= 0.3 is 0 Å². The number of allylic oxidation sites excluding steroid dienone is 2. The van der Waals surface area contributed by atoms with Gasteiger partial charge in [-0.1, -0.05) is 6.08 Å². The highest BCUT2D eigenvalue weighted by molar-refractivity contribution is 5.03. The van der Waals surface area contributed by atoms with Gasteiger partial charge in [0.25, 0.3) is 0 Å². The Hall–Kier alpha value is -0.600. The Labute approximate surface area is 55.3 Å². The number of hydrogen-bond donors (Lipinski definition) is 1. The first-order valence-electron chi connectivity index (χ1n) is 3.06. The molecule has 0 amide bonds. The molecule has 0 aromatic rings. The molecule has 1 heterocycles. The average molecular weight is 126 g/mol. The van der Waals surface area contributed by atoms with Crippen LogP contribution in [0.4, 0.5) is 0 Å².